The van der Waals surface area contributed by atoms with E-state index in [4.69, 9.17) is 0 Å². The van der Waals surface area contributed by atoms with Crippen LogP contribution in [0.25, 0.3) is 0 Å². The van der Waals surface area contributed by atoms with Crippen LogP contribution in [0.3, 0.4) is 0 Å². The highest BCUT2D eigenvalue weighted by atomic mass is 79.9. The minimum Gasteiger partial charge on any atom is -0.505 e. The fraction of sp³-hybridized carbons (Fsp3) is 0.105. The molecule has 3 rings (SSSR count). The van der Waals surface area contributed by atoms with E-state index in [1.165, 1.54) is 18.0 Å². The van der Waals surface area contributed by atoms with Crippen molar-refractivity contribution in [1.82, 2.24) is 9.97 Å². The van der Waals surface area contributed by atoms with Gasteiger partial charge in [0.2, 0.25) is 0 Å². The number of carbonyl (C=O) groups excluding carboxylic acids is 1. The molecule has 0 unspecified atom stereocenters. The van der Waals surface area contributed by atoms with E-state index >= 15 is 0 Å². The van der Waals surface area contributed by atoms with Crippen LogP contribution in [-0.2, 0) is 5.75 Å². The number of nitrogens with one attached hydrogen (secondary N) is 1. The molecule has 0 fully saturated rings. The summed E-state index contributed by atoms with van der Waals surface area (Å²) < 4.78 is 0.519. The number of hydrogen-bond donors (Lipinski definition) is 2. The first-order chi connectivity index (χ1) is 12.5. The Bertz CT molecular complexity index is 935. The lowest BCUT2D eigenvalue weighted by Crippen LogP contribution is -2.15. The lowest BCUT2D eigenvalue weighted by Gasteiger charge is -2.11. The summed E-state index contributed by atoms with van der Waals surface area (Å²) in [5.74, 6) is 0.244. The molecule has 1 aromatic heterocycles. The summed E-state index contributed by atoms with van der Waals surface area (Å²) in [6.07, 6.45) is 3.04. The number of phenols is 1. The van der Waals surface area contributed by atoms with E-state index in [2.05, 4.69) is 31.2 Å². The summed E-state index contributed by atoms with van der Waals surface area (Å²) in [6, 6.07) is 13.4. The van der Waals surface area contributed by atoms with Gasteiger partial charge in [0, 0.05) is 18.1 Å². The number of amides is 1. The van der Waals surface area contributed by atoms with Crippen molar-refractivity contribution in [2.75, 3.05) is 5.32 Å². The maximum Gasteiger partial charge on any atom is 0.277 e. The smallest absolute Gasteiger partial charge is 0.277 e. The quantitative estimate of drug-likeness (QED) is 0.450. The third kappa shape index (κ3) is 4.42. The Hall–Kier alpha value is -2.38. The highest BCUT2D eigenvalue weighted by Crippen LogP contribution is 2.34. The highest BCUT2D eigenvalue weighted by molar-refractivity contribution is 9.10. The van der Waals surface area contributed by atoms with Crippen LogP contribution in [0.5, 0.6) is 5.75 Å². The second-order valence-electron chi connectivity index (χ2n) is 5.58. The summed E-state index contributed by atoms with van der Waals surface area (Å²) >= 11 is 4.72. The number of aryl methyl sites for hydroxylation is 1. The Morgan fingerprint density at radius 1 is 1.19 bits per heavy atom. The molecular weight excluding hydrogens is 414 g/mol. The van der Waals surface area contributed by atoms with Gasteiger partial charge in [0.25, 0.3) is 5.91 Å². The first kappa shape index (κ1) is 18.4. The third-order valence-corrected chi connectivity index (χ3v) is 5.21. The largest absolute Gasteiger partial charge is 0.505 e. The first-order valence-electron chi connectivity index (χ1n) is 7.83. The Labute approximate surface area is 164 Å². The van der Waals surface area contributed by atoms with Gasteiger partial charge in [-0.25, -0.2) is 9.97 Å². The monoisotopic (exact) mass is 429 g/mol. The molecule has 2 N–H and O–H groups in total. The summed E-state index contributed by atoms with van der Waals surface area (Å²) in [7, 11) is 0. The zero-order valence-corrected chi connectivity index (χ0v) is 16.3. The number of benzene rings is 2. The molecule has 7 heteroatoms. The summed E-state index contributed by atoms with van der Waals surface area (Å²) in [6.45, 7) is 1.88. The molecular formula is C19H16BrN3O2S. The van der Waals surface area contributed by atoms with E-state index in [0.717, 1.165) is 11.1 Å². The number of aromatic nitrogens is 2. The number of hydrogen-bond acceptors (Lipinski definition) is 5. The zero-order chi connectivity index (χ0) is 18.5. The van der Waals surface area contributed by atoms with Crippen molar-refractivity contribution in [2.45, 2.75) is 17.7 Å². The molecule has 0 aliphatic rings. The number of phenolic OH excluding ortho intramolecular Hbond substituents is 1. The summed E-state index contributed by atoms with van der Waals surface area (Å²) in [5, 5.41) is 13.4. The number of thioether (sulfide) groups is 1. The first-order valence-corrected chi connectivity index (χ1v) is 9.60. The van der Waals surface area contributed by atoms with E-state index in [1.54, 1.807) is 18.3 Å². The molecule has 0 saturated heterocycles. The van der Waals surface area contributed by atoms with Crippen molar-refractivity contribution in [3.05, 3.63) is 76.2 Å². The van der Waals surface area contributed by atoms with Crippen LogP contribution in [0.1, 0.15) is 21.6 Å². The Morgan fingerprint density at radius 2 is 1.92 bits per heavy atom. The molecule has 26 heavy (non-hydrogen) atoms. The molecule has 132 valence electrons. The molecule has 0 aliphatic heterocycles. The van der Waals surface area contributed by atoms with Gasteiger partial charge in [-0.15, -0.1) is 0 Å². The third-order valence-electron chi connectivity index (χ3n) is 3.55. The molecule has 0 saturated carbocycles. The second-order valence-corrected chi connectivity index (χ2v) is 7.40. The van der Waals surface area contributed by atoms with Gasteiger partial charge < -0.3 is 10.4 Å². The zero-order valence-electron chi connectivity index (χ0n) is 13.9. The van der Waals surface area contributed by atoms with Crippen LogP contribution in [0.15, 0.2) is 64.4 Å². The second kappa shape index (κ2) is 8.33. The van der Waals surface area contributed by atoms with E-state index in [9.17, 15) is 9.90 Å². The molecule has 0 atom stereocenters. The van der Waals surface area contributed by atoms with Crippen molar-refractivity contribution in [2.24, 2.45) is 0 Å². The van der Waals surface area contributed by atoms with Gasteiger partial charge in [-0.05, 0) is 46.1 Å². The maximum atomic E-state index is 12.7. The van der Waals surface area contributed by atoms with E-state index in [1.807, 2.05) is 37.3 Å². The fourth-order valence-corrected chi connectivity index (χ4v) is 3.81. The van der Waals surface area contributed by atoms with Crippen LogP contribution in [0, 0.1) is 6.92 Å². The van der Waals surface area contributed by atoms with Gasteiger partial charge in [-0.3, -0.25) is 4.79 Å². The van der Waals surface area contributed by atoms with Gasteiger partial charge in [-0.1, -0.05) is 42.1 Å². The van der Waals surface area contributed by atoms with Crippen LogP contribution in [0.4, 0.5) is 5.69 Å². The van der Waals surface area contributed by atoms with Crippen LogP contribution >= 0.6 is 27.7 Å². The van der Waals surface area contributed by atoms with Crippen molar-refractivity contribution >= 4 is 39.3 Å². The Kier molecular flexibility index (Phi) is 5.90. The lowest BCUT2D eigenvalue weighted by molar-refractivity contribution is 0.101. The van der Waals surface area contributed by atoms with Gasteiger partial charge in [0.15, 0.2) is 11.4 Å². The molecule has 0 aliphatic carbocycles. The predicted octanol–water partition coefficient (Wildman–Crippen LogP) is 4.80. The molecule has 0 bridgehead atoms. The number of rotatable bonds is 5. The standard InChI is InChI=1S/C19H16BrN3O2S/c1-12-9-14(20)17(24)15(10-12)23-18(25)16-19(22-8-7-21-16)26-11-13-5-3-2-4-6-13/h2-10,24H,11H2,1H3,(H,23,25). The molecule has 5 nitrogen and oxygen atoms in total. The molecule has 3 aromatic rings. The normalized spacial score (nSPS) is 10.5. The Balaban J connectivity index is 1.80. The molecule has 0 radical (unpaired) electrons. The summed E-state index contributed by atoms with van der Waals surface area (Å²) in [4.78, 5) is 21.1. The number of anilines is 1. The van der Waals surface area contributed by atoms with E-state index < -0.39 is 5.91 Å². The van der Waals surface area contributed by atoms with Crippen molar-refractivity contribution in [3.8, 4) is 5.75 Å². The number of halogens is 1. The summed E-state index contributed by atoms with van der Waals surface area (Å²) in [5.41, 5.74) is 2.59. The van der Waals surface area contributed by atoms with Crippen LogP contribution < -0.4 is 5.32 Å². The highest BCUT2D eigenvalue weighted by Gasteiger charge is 2.17. The van der Waals surface area contributed by atoms with Crippen molar-refractivity contribution in [1.29, 1.82) is 0 Å². The fourth-order valence-electron chi connectivity index (χ4n) is 2.32. The van der Waals surface area contributed by atoms with Gasteiger partial charge >= 0.3 is 0 Å². The minimum absolute atomic E-state index is 0.0219. The maximum absolute atomic E-state index is 12.7. The number of aromatic hydroxyl groups is 1. The average Bonchev–Trinajstić information content (AvgIpc) is 2.65. The van der Waals surface area contributed by atoms with Crippen LogP contribution in [-0.4, -0.2) is 21.0 Å². The SMILES string of the molecule is Cc1cc(Br)c(O)c(NC(=O)c2nccnc2SCc2ccccc2)c1. The lowest BCUT2D eigenvalue weighted by atomic mass is 10.2. The topological polar surface area (TPSA) is 75.1 Å². The number of nitrogens with zero attached hydrogens (tertiary/aromatic N) is 2. The molecule has 2 aromatic carbocycles. The number of carbonyl (C=O) groups is 1. The van der Waals surface area contributed by atoms with Gasteiger partial charge in [0.1, 0.15) is 5.03 Å². The van der Waals surface area contributed by atoms with E-state index in [0.29, 0.717) is 20.9 Å². The van der Waals surface area contributed by atoms with Gasteiger partial charge in [0.05, 0.1) is 10.2 Å². The predicted molar refractivity (Wildman–Crippen MR) is 107 cm³/mol. The van der Waals surface area contributed by atoms with Crippen molar-refractivity contribution < 1.29 is 9.90 Å². The molecule has 0 spiro atoms. The molecule has 1 heterocycles. The van der Waals surface area contributed by atoms with Gasteiger partial charge in [-0.2, -0.15) is 0 Å². The van der Waals surface area contributed by atoms with Crippen LogP contribution in [0.2, 0.25) is 0 Å². The van der Waals surface area contributed by atoms with E-state index in [-0.39, 0.29) is 11.4 Å². The average molecular weight is 430 g/mol. The minimum atomic E-state index is -0.415. The molecule has 1 amide bonds. The Morgan fingerprint density at radius 3 is 2.69 bits per heavy atom. The van der Waals surface area contributed by atoms with Crippen molar-refractivity contribution in [3.63, 3.8) is 0 Å².